The van der Waals surface area contributed by atoms with Gasteiger partial charge in [0.05, 0.1) is 16.6 Å². The quantitative estimate of drug-likeness (QED) is 0.858. The van der Waals surface area contributed by atoms with E-state index < -0.39 is 11.4 Å². The maximum absolute atomic E-state index is 11.0. The summed E-state index contributed by atoms with van der Waals surface area (Å²) in [6, 6.07) is 0. The van der Waals surface area contributed by atoms with E-state index in [9.17, 15) is 4.79 Å². The van der Waals surface area contributed by atoms with Gasteiger partial charge in [0, 0.05) is 18.0 Å². The van der Waals surface area contributed by atoms with Crippen LogP contribution in [0.3, 0.4) is 0 Å². The smallest absolute Gasteiger partial charge is 0.310 e. The number of carboxylic acid groups (broad SMARTS) is 1. The van der Waals surface area contributed by atoms with E-state index in [0.29, 0.717) is 6.54 Å². The van der Waals surface area contributed by atoms with Crippen molar-refractivity contribution in [1.82, 2.24) is 9.88 Å². The summed E-state index contributed by atoms with van der Waals surface area (Å²) in [5.41, 5.74) is 2.14. The Kier molecular flexibility index (Phi) is 4.04. The molecule has 0 spiro atoms. The van der Waals surface area contributed by atoms with E-state index in [4.69, 9.17) is 5.11 Å². The molecule has 0 aliphatic carbocycles. The zero-order valence-electron chi connectivity index (χ0n) is 10.1. The number of aryl methyl sites for hydroxylation is 1. The predicted molar refractivity (Wildman–Crippen MR) is 64.6 cm³/mol. The zero-order chi connectivity index (χ0) is 12.3. The Hall–Kier alpha value is -0.940. The molecule has 1 N–H and O–H groups in total. The molecule has 0 atom stereocenters. The Balaban J connectivity index is 2.58. The van der Waals surface area contributed by atoms with Crippen LogP contribution in [0, 0.1) is 12.3 Å². The van der Waals surface area contributed by atoms with E-state index in [2.05, 4.69) is 4.98 Å². The minimum Gasteiger partial charge on any atom is -0.481 e. The number of carboxylic acids is 1. The Morgan fingerprint density at radius 2 is 2.25 bits per heavy atom. The van der Waals surface area contributed by atoms with Gasteiger partial charge in [-0.3, -0.25) is 4.79 Å². The van der Waals surface area contributed by atoms with Crippen molar-refractivity contribution in [1.29, 1.82) is 0 Å². The lowest BCUT2D eigenvalue weighted by molar-refractivity contribution is -0.147. The van der Waals surface area contributed by atoms with Gasteiger partial charge in [-0.25, -0.2) is 4.98 Å². The number of carbonyl (C=O) groups is 1. The van der Waals surface area contributed by atoms with Crippen molar-refractivity contribution in [3.63, 3.8) is 0 Å². The second-order valence-electron chi connectivity index (χ2n) is 4.72. The predicted octanol–water partition coefficient (Wildman–Crippen LogP) is 1.99. The molecule has 0 aliphatic rings. The maximum Gasteiger partial charge on any atom is 0.310 e. The van der Waals surface area contributed by atoms with E-state index in [-0.39, 0.29) is 0 Å². The normalized spacial score (nSPS) is 12.1. The molecule has 16 heavy (non-hydrogen) atoms. The fourth-order valence-electron chi connectivity index (χ4n) is 1.52. The van der Waals surface area contributed by atoms with Gasteiger partial charge in [-0.15, -0.1) is 11.3 Å². The minimum absolute atomic E-state index is 0.527. The van der Waals surface area contributed by atoms with Crippen LogP contribution in [0.15, 0.2) is 5.51 Å². The van der Waals surface area contributed by atoms with Crippen molar-refractivity contribution in [2.24, 2.45) is 5.41 Å². The first kappa shape index (κ1) is 13.1. The summed E-state index contributed by atoms with van der Waals surface area (Å²) in [6.07, 6.45) is 0. The fourth-order valence-corrected chi connectivity index (χ4v) is 2.38. The minimum atomic E-state index is -0.764. The Labute approximate surface area is 99.9 Å². The van der Waals surface area contributed by atoms with Crippen LogP contribution in [0.5, 0.6) is 0 Å². The molecule has 0 saturated carbocycles. The summed E-state index contributed by atoms with van der Waals surface area (Å²) in [5, 5.41) is 9.03. The average Bonchev–Trinajstić information content (AvgIpc) is 2.50. The standard InChI is InChI=1S/C11H18N2O2S/c1-8-9(16-7-12-8)5-13(4)6-11(2,3)10(14)15/h7H,5-6H2,1-4H3,(H,14,15). The zero-order valence-corrected chi connectivity index (χ0v) is 11.0. The topological polar surface area (TPSA) is 53.4 Å². The molecule has 5 heteroatoms. The molecule has 0 bridgehead atoms. The van der Waals surface area contributed by atoms with Crippen LogP contribution < -0.4 is 0 Å². The lowest BCUT2D eigenvalue weighted by Crippen LogP contribution is -2.36. The molecule has 0 aliphatic heterocycles. The van der Waals surface area contributed by atoms with Crippen molar-refractivity contribution < 1.29 is 9.90 Å². The number of nitrogens with zero attached hydrogens (tertiary/aromatic N) is 2. The molecular formula is C11H18N2O2S. The monoisotopic (exact) mass is 242 g/mol. The maximum atomic E-state index is 11.0. The van der Waals surface area contributed by atoms with Crippen LogP contribution in [0.2, 0.25) is 0 Å². The third kappa shape index (κ3) is 3.28. The summed E-state index contributed by atoms with van der Waals surface area (Å²) in [6.45, 7) is 6.74. The molecule has 0 aromatic carbocycles. The fraction of sp³-hybridized carbons (Fsp3) is 0.636. The number of aliphatic carboxylic acids is 1. The average molecular weight is 242 g/mol. The molecule has 0 saturated heterocycles. The van der Waals surface area contributed by atoms with Crippen molar-refractivity contribution in [2.45, 2.75) is 27.3 Å². The van der Waals surface area contributed by atoms with Gasteiger partial charge in [-0.2, -0.15) is 0 Å². The van der Waals surface area contributed by atoms with E-state index in [1.165, 1.54) is 4.88 Å². The van der Waals surface area contributed by atoms with Crippen LogP contribution in [-0.2, 0) is 11.3 Å². The van der Waals surface area contributed by atoms with Crippen LogP contribution >= 0.6 is 11.3 Å². The van der Waals surface area contributed by atoms with Crippen molar-refractivity contribution >= 4 is 17.3 Å². The molecule has 1 aromatic rings. The van der Waals surface area contributed by atoms with Crippen LogP contribution in [0.4, 0.5) is 0 Å². The molecule has 4 nitrogen and oxygen atoms in total. The first-order valence-corrected chi connectivity index (χ1v) is 6.02. The molecule has 90 valence electrons. The number of hydrogen-bond acceptors (Lipinski definition) is 4. The summed E-state index contributed by atoms with van der Waals surface area (Å²) >= 11 is 1.61. The second kappa shape index (κ2) is 4.93. The van der Waals surface area contributed by atoms with Gasteiger partial charge in [0.2, 0.25) is 0 Å². The van der Waals surface area contributed by atoms with Gasteiger partial charge in [0.15, 0.2) is 0 Å². The van der Waals surface area contributed by atoms with Crippen molar-refractivity contribution in [3.8, 4) is 0 Å². The number of rotatable bonds is 5. The first-order valence-electron chi connectivity index (χ1n) is 5.14. The van der Waals surface area contributed by atoms with Gasteiger partial charge in [-0.1, -0.05) is 0 Å². The molecule has 0 amide bonds. The highest BCUT2D eigenvalue weighted by Gasteiger charge is 2.28. The number of hydrogen-bond donors (Lipinski definition) is 1. The van der Waals surface area contributed by atoms with Gasteiger partial charge >= 0.3 is 5.97 Å². The largest absolute Gasteiger partial charge is 0.481 e. The molecular weight excluding hydrogens is 224 g/mol. The third-order valence-electron chi connectivity index (χ3n) is 2.50. The number of thiazole rings is 1. The third-order valence-corrected chi connectivity index (χ3v) is 3.42. The molecule has 1 heterocycles. The lowest BCUT2D eigenvalue weighted by atomic mass is 9.93. The second-order valence-corrected chi connectivity index (χ2v) is 5.66. The van der Waals surface area contributed by atoms with E-state index in [1.54, 1.807) is 25.2 Å². The van der Waals surface area contributed by atoms with Crippen LogP contribution in [-0.4, -0.2) is 34.6 Å². The van der Waals surface area contributed by atoms with Gasteiger partial charge in [0.25, 0.3) is 0 Å². The number of aromatic nitrogens is 1. The van der Waals surface area contributed by atoms with Crippen LogP contribution in [0.25, 0.3) is 0 Å². The molecule has 0 unspecified atom stereocenters. The Morgan fingerprint density at radius 3 is 2.69 bits per heavy atom. The van der Waals surface area contributed by atoms with Crippen LogP contribution in [0.1, 0.15) is 24.4 Å². The first-order chi connectivity index (χ1) is 7.33. The van der Waals surface area contributed by atoms with E-state index in [0.717, 1.165) is 12.2 Å². The molecule has 1 aromatic heterocycles. The van der Waals surface area contributed by atoms with Gasteiger partial charge < -0.3 is 10.0 Å². The highest BCUT2D eigenvalue weighted by molar-refractivity contribution is 7.09. The molecule has 1 rings (SSSR count). The molecule has 0 fully saturated rings. The summed E-state index contributed by atoms with van der Waals surface area (Å²) in [5.74, 6) is -0.764. The van der Waals surface area contributed by atoms with Gasteiger partial charge in [0.1, 0.15) is 0 Å². The summed E-state index contributed by atoms with van der Waals surface area (Å²) in [7, 11) is 1.93. The highest BCUT2D eigenvalue weighted by atomic mass is 32.1. The lowest BCUT2D eigenvalue weighted by Gasteiger charge is -2.26. The SMILES string of the molecule is Cc1ncsc1CN(C)CC(C)(C)C(=O)O. The molecule has 0 radical (unpaired) electrons. The van der Waals surface area contributed by atoms with Crippen molar-refractivity contribution in [3.05, 3.63) is 16.1 Å². The van der Waals surface area contributed by atoms with E-state index >= 15 is 0 Å². The van der Waals surface area contributed by atoms with E-state index in [1.807, 2.05) is 24.4 Å². The summed E-state index contributed by atoms with van der Waals surface area (Å²) in [4.78, 5) is 18.4. The highest BCUT2D eigenvalue weighted by Crippen LogP contribution is 2.20. The van der Waals surface area contributed by atoms with Gasteiger partial charge in [-0.05, 0) is 27.8 Å². The van der Waals surface area contributed by atoms with Crippen molar-refractivity contribution in [2.75, 3.05) is 13.6 Å². The summed E-state index contributed by atoms with van der Waals surface area (Å²) < 4.78 is 0. The Bertz CT molecular complexity index is 374. The Morgan fingerprint density at radius 1 is 1.62 bits per heavy atom.